The van der Waals surface area contributed by atoms with Gasteiger partial charge in [0.1, 0.15) is 0 Å². The maximum absolute atomic E-state index is 5.55. The molecule has 0 aliphatic heterocycles. The van der Waals surface area contributed by atoms with E-state index in [4.69, 9.17) is 5.84 Å². The Bertz CT molecular complexity index is 196. The summed E-state index contributed by atoms with van der Waals surface area (Å²) in [5.74, 6) is 6.28. The van der Waals surface area contributed by atoms with Crippen LogP contribution in [0.15, 0.2) is 12.2 Å². The molecular weight excluding hydrogens is 160 g/mol. The molecule has 0 spiro atoms. The number of hydrazine groups is 1. The number of rotatable bonds is 5. The quantitative estimate of drug-likeness (QED) is 0.389. The zero-order valence-corrected chi connectivity index (χ0v) is 9.06. The summed E-state index contributed by atoms with van der Waals surface area (Å²) in [7, 11) is 0. The molecule has 0 aromatic heterocycles. The van der Waals surface area contributed by atoms with Gasteiger partial charge in [0.25, 0.3) is 0 Å². The van der Waals surface area contributed by atoms with Crippen molar-refractivity contribution in [2.24, 2.45) is 17.2 Å². The van der Waals surface area contributed by atoms with Crippen molar-refractivity contribution in [2.45, 2.75) is 46.1 Å². The molecule has 0 aromatic rings. The Morgan fingerprint density at radius 2 is 2.23 bits per heavy atom. The molecule has 0 heterocycles. The van der Waals surface area contributed by atoms with Gasteiger partial charge in [-0.3, -0.25) is 11.3 Å². The minimum atomic E-state index is 0.433. The van der Waals surface area contributed by atoms with Crippen LogP contribution in [0.2, 0.25) is 0 Å². The van der Waals surface area contributed by atoms with Gasteiger partial charge in [-0.2, -0.15) is 0 Å². The summed E-state index contributed by atoms with van der Waals surface area (Å²) in [5.41, 5.74) is 4.71. The van der Waals surface area contributed by atoms with E-state index in [1.54, 1.807) is 0 Å². The Morgan fingerprint density at radius 3 is 2.54 bits per heavy atom. The van der Waals surface area contributed by atoms with Crippen molar-refractivity contribution in [3.63, 3.8) is 0 Å². The van der Waals surface area contributed by atoms with Gasteiger partial charge in [-0.25, -0.2) is 0 Å². The highest BCUT2D eigenvalue weighted by molar-refractivity contribution is 5.06. The zero-order chi connectivity index (χ0) is 10.1. The van der Waals surface area contributed by atoms with Crippen molar-refractivity contribution in [3.8, 4) is 0 Å². The highest BCUT2D eigenvalue weighted by atomic mass is 15.2. The highest BCUT2D eigenvalue weighted by Crippen LogP contribution is 2.54. The molecule has 0 bridgehead atoms. The summed E-state index contributed by atoms with van der Waals surface area (Å²) in [6.07, 6.45) is 3.38. The summed E-state index contributed by atoms with van der Waals surface area (Å²) in [5, 5.41) is 0. The minimum Gasteiger partial charge on any atom is -0.271 e. The van der Waals surface area contributed by atoms with Gasteiger partial charge in [0, 0.05) is 6.04 Å². The summed E-state index contributed by atoms with van der Waals surface area (Å²) < 4.78 is 0. The topological polar surface area (TPSA) is 38.0 Å². The van der Waals surface area contributed by atoms with Crippen molar-refractivity contribution in [2.75, 3.05) is 0 Å². The molecular formula is C11H22N2. The van der Waals surface area contributed by atoms with Gasteiger partial charge in [0.2, 0.25) is 0 Å². The second-order valence-electron chi connectivity index (χ2n) is 4.88. The predicted molar refractivity (Wildman–Crippen MR) is 57.0 cm³/mol. The summed E-state index contributed by atoms with van der Waals surface area (Å²) in [6, 6.07) is 0.433. The van der Waals surface area contributed by atoms with E-state index in [0.29, 0.717) is 11.5 Å². The molecule has 1 fully saturated rings. The molecule has 2 nitrogen and oxygen atoms in total. The first-order valence-electron chi connectivity index (χ1n) is 5.14. The standard InChI is InChI=1S/C11H22N2/c1-5-8(2)6-10(13-12)9-7-11(9,3)4/h9-10,13H,2,5-7,12H2,1,3-4H3. The van der Waals surface area contributed by atoms with E-state index in [-0.39, 0.29) is 0 Å². The van der Waals surface area contributed by atoms with Gasteiger partial charge < -0.3 is 0 Å². The molecule has 1 rings (SSSR count). The van der Waals surface area contributed by atoms with Gasteiger partial charge in [-0.15, -0.1) is 0 Å². The van der Waals surface area contributed by atoms with Crippen LogP contribution in [-0.4, -0.2) is 6.04 Å². The van der Waals surface area contributed by atoms with E-state index in [2.05, 4.69) is 32.8 Å². The lowest BCUT2D eigenvalue weighted by molar-refractivity contribution is 0.406. The smallest absolute Gasteiger partial charge is 0.0281 e. The van der Waals surface area contributed by atoms with Crippen LogP contribution in [0.1, 0.15) is 40.0 Å². The average Bonchev–Trinajstić information content (AvgIpc) is 2.70. The third kappa shape index (κ3) is 2.55. The van der Waals surface area contributed by atoms with E-state index in [1.165, 1.54) is 12.0 Å². The van der Waals surface area contributed by atoms with Crippen molar-refractivity contribution in [1.29, 1.82) is 0 Å². The molecule has 2 unspecified atom stereocenters. The Balaban J connectivity index is 2.41. The van der Waals surface area contributed by atoms with Gasteiger partial charge in [0.15, 0.2) is 0 Å². The first-order chi connectivity index (χ1) is 6.01. The van der Waals surface area contributed by atoms with Gasteiger partial charge in [0.05, 0.1) is 0 Å². The SMILES string of the molecule is C=C(CC)CC(NN)C1CC1(C)C. The molecule has 0 radical (unpaired) electrons. The van der Waals surface area contributed by atoms with Crippen molar-refractivity contribution >= 4 is 0 Å². The molecule has 1 saturated carbocycles. The molecule has 1 aliphatic rings. The normalized spacial score (nSPS) is 26.9. The molecule has 2 atom stereocenters. The van der Waals surface area contributed by atoms with Crippen LogP contribution in [0.25, 0.3) is 0 Å². The summed E-state index contributed by atoms with van der Waals surface area (Å²) in [6.45, 7) is 10.8. The third-order valence-corrected chi connectivity index (χ3v) is 3.30. The van der Waals surface area contributed by atoms with E-state index in [9.17, 15) is 0 Å². The first-order valence-corrected chi connectivity index (χ1v) is 5.14. The number of nitrogens with one attached hydrogen (secondary N) is 1. The lowest BCUT2D eigenvalue weighted by atomic mass is 9.97. The molecule has 0 aromatic carbocycles. The Kier molecular flexibility index (Phi) is 3.14. The fourth-order valence-electron chi connectivity index (χ4n) is 1.97. The Labute approximate surface area is 81.6 Å². The van der Waals surface area contributed by atoms with Crippen LogP contribution < -0.4 is 11.3 Å². The molecule has 13 heavy (non-hydrogen) atoms. The molecule has 76 valence electrons. The fourth-order valence-corrected chi connectivity index (χ4v) is 1.97. The van der Waals surface area contributed by atoms with E-state index in [0.717, 1.165) is 18.8 Å². The van der Waals surface area contributed by atoms with E-state index < -0.39 is 0 Å². The van der Waals surface area contributed by atoms with Crippen LogP contribution in [0.4, 0.5) is 0 Å². The van der Waals surface area contributed by atoms with Gasteiger partial charge >= 0.3 is 0 Å². The third-order valence-electron chi connectivity index (χ3n) is 3.30. The van der Waals surface area contributed by atoms with Crippen molar-refractivity contribution < 1.29 is 0 Å². The van der Waals surface area contributed by atoms with Gasteiger partial charge in [-0.05, 0) is 30.6 Å². The maximum Gasteiger partial charge on any atom is 0.0281 e. The lowest BCUT2D eigenvalue weighted by Crippen LogP contribution is -2.38. The number of nitrogens with two attached hydrogens (primary N) is 1. The molecule has 0 amide bonds. The molecule has 0 saturated heterocycles. The van der Waals surface area contributed by atoms with E-state index in [1.807, 2.05) is 0 Å². The fraction of sp³-hybridized carbons (Fsp3) is 0.818. The summed E-state index contributed by atoms with van der Waals surface area (Å²) in [4.78, 5) is 0. The minimum absolute atomic E-state index is 0.433. The Hall–Kier alpha value is -0.340. The molecule has 3 N–H and O–H groups in total. The average molecular weight is 182 g/mol. The summed E-state index contributed by atoms with van der Waals surface area (Å²) >= 11 is 0. The van der Waals surface area contributed by atoms with Crippen LogP contribution in [0.5, 0.6) is 0 Å². The highest BCUT2D eigenvalue weighted by Gasteiger charge is 2.49. The number of hydrogen-bond acceptors (Lipinski definition) is 2. The van der Waals surface area contributed by atoms with E-state index >= 15 is 0 Å². The lowest BCUT2D eigenvalue weighted by Gasteiger charge is -2.18. The molecule has 2 heteroatoms. The largest absolute Gasteiger partial charge is 0.271 e. The van der Waals surface area contributed by atoms with Crippen molar-refractivity contribution in [1.82, 2.24) is 5.43 Å². The zero-order valence-electron chi connectivity index (χ0n) is 9.06. The van der Waals surface area contributed by atoms with Crippen LogP contribution >= 0.6 is 0 Å². The van der Waals surface area contributed by atoms with Crippen LogP contribution in [-0.2, 0) is 0 Å². The second-order valence-corrected chi connectivity index (χ2v) is 4.88. The Morgan fingerprint density at radius 1 is 1.69 bits per heavy atom. The first kappa shape index (κ1) is 10.7. The second kappa shape index (κ2) is 3.81. The molecule has 1 aliphatic carbocycles. The van der Waals surface area contributed by atoms with Gasteiger partial charge in [-0.1, -0.05) is 32.9 Å². The number of hydrogen-bond donors (Lipinski definition) is 2. The van der Waals surface area contributed by atoms with Crippen LogP contribution in [0.3, 0.4) is 0 Å². The maximum atomic E-state index is 5.55. The predicted octanol–water partition coefficient (Wildman–Crippen LogP) is 2.22. The van der Waals surface area contributed by atoms with Crippen LogP contribution in [0, 0.1) is 11.3 Å². The monoisotopic (exact) mass is 182 g/mol. The van der Waals surface area contributed by atoms with Crippen molar-refractivity contribution in [3.05, 3.63) is 12.2 Å².